The van der Waals surface area contributed by atoms with E-state index < -0.39 is 6.10 Å². The summed E-state index contributed by atoms with van der Waals surface area (Å²) in [7, 11) is 0. The molecule has 0 saturated heterocycles. The fourth-order valence-corrected chi connectivity index (χ4v) is 1.82. The summed E-state index contributed by atoms with van der Waals surface area (Å²) in [6.45, 7) is 0. The lowest BCUT2D eigenvalue weighted by Crippen LogP contribution is -2.36. The molecule has 0 aliphatic carbocycles. The van der Waals surface area contributed by atoms with Gasteiger partial charge in [-0.15, -0.1) is 0 Å². The van der Waals surface area contributed by atoms with Gasteiger partial charge < -0.3 is 5.11 Å². The van der Waals surface area contributed by atoms with E-state index in [0.717, 1.165) is 10.0 Å². The van der Waals surface area contributed by atoms with Crippen LogP contribution < -0.4 is 5.43 Å². The highest BCUT2D eigenvalue weighted by Crippen LogP contribution is 2.16. The Hall–Kier alpha value is -1.20. The predicted molar refractivity (Wildman–Crippen MR) is 59.4 cm³/mol. The molecule has 1 aromatic carbocycles. The van der Waals surface area contributed by atoms with Crippen molar-refractivity contribution in [2.75, 3.05) is 0 Å². The summed E-state index contributed by atoms with van der Waals surface area (Å²) in [6.07, 6.45) is -0.765. The lowest BCUT2D eigenvalue weighted by molar-refractivity contribution is -0.122. The van der Waals surface area contributed by atoms with E-state index in [4.69, 9.17) is 0 Å². The predicted octanol–water partition coefficient (Wildman–Crippen LogP) is 1.03. The van der Waals surface area contributed by atoms with E-state index in [9.17, 15) is 9.90 Å². The molecule has 1 atom stereocenters. The Labute approximate surface area is 95.1 Å². The van der Waals surface area contributed by atoms with E-state index in [1.165, 1.54) is 0 Å². The molecule has 5 heteroatoms. The molecule has 2 N–H and O–H groups in total. The van der Waals surface area contributed by atoms with Gasteiger partial charge in [0.2, 0.25) is 5.91 Å². The van der Waals surface area contributed by atoms with E-state index in [1.54, 1.807) is 0 Å². The van der Waals surface area contributed by atoms with Crippen LogP contribution in [0.25, 0.3) is 0 Å². The molecule has 0 radical (unpaired) electrons. The van der Waals surface area contributed by atoms with E-state index in [2.05, 4.69) is 26.5 Å². The van der Waals surface area contributed by atoms with Crippen LogP contribution in [0.4, 0.5) is 0 Å². The quantitative estimate of drug-likeness (QED) is 0.800. The van der Waals surface area contributed by atoms with E-state index in [0.29, 0.717) is 5.71 Å². The van der Waals surface area contributed by atoms with E-state index in [-0.39, 0.29) is 12.3 Å². The van der Waals surface area contributed by atoms with Crippen LogP contribution in [0.2, 0.25) is 0 Å². The van der Waals surface area contributed by atoms with Crippen molar-refractivity contribution in [2.45, 2.75) is 12.5 Å². The third-order valence-corrected chi connectivity index (χ3v) is 2.61. The molecular formula is C10H9BrN2O2. The highest BCUT2D eigenvalue weighted by molar-refractivity contribution is 9.10. The Morgan fingerprint density at radius 3 is 3.00 bits per heavy atom. The van der Waals surface area contributed by atoms with Crippen molar-refractivity contribution in [1.82, 2.24) is 5.43 Å². The maximum atomic E-state index is 10.9. The number of hydrogen-bond donors (Lipinski definition) is 2. The van der Waals surface area contributed by atoms with Gasteiger partial charge in [-0.2, -0.15) is 5.10 Å². The standard InChI is InChI=1S/C10H9BrN2O2/c11-7-3-1-2-6(4-7)10-8(14)5-9(15)12-13-10/h1-4,8,14H,5H2,(H,12,15). The molecule has 4 nitrogen and oxygen atoms in total. The first-order valence-electron chi connectivity index (χ1n) is 4.47. The van der Waals surface area contributed by atoms with Crippen molar-refractivity contribution in [1.29, 1.82) is 0 Å². The number of rotatable bonds is 1. The zero-order chi connectivity index (χ0) is 10.8. The monoisotopic (exact) mass is 268 g/mol. The number of nitrogens with zero attached hydrogens (tertiary/aromatic N) is 1. The van der Waals surface area contributed by atoms with Gasteiger partial charge in [-0.25, -0.2) is 5.43 Å². The second-order valence-electron chi connectivity index (χ2n) is 3.26. The SMILES string of the molecule is O=C1CC(O)C(c2cccc(Br)c2)=NN1. The first-order valence-corrected chi connectivity index (χ1v) is 5.26. The maximum absolute atomic E-state index is 10.9. The van der Waals surface area contributed by atoms with Crippen molar-refractivity contribution in [3.8, 4) is 0 Å². The summed E-state index contributed by atoms with van der Waals surface area (Å²) < 4.78 is 0.909. The Morgan fingerprint density at radius 1 is 1.53 bits per heavy atom. The number of aliphatic hydroxyl groups is 1. The lowest BCUT2D eigenvalue weighted by Gasteiger charge is -2.18. The Balaban J connectivity index is 2.35. The minimum absolute atomic E-state index is 0.0609. The largest absolute Gasteiger partial charge is 0.386 e. The molecule has 0 saturated carbocycles. The summed E-state index contributed by atoms with van der Waals surface area (Å²) in [5.41, 5.74) is 3.65. The first-order chi connectivity index (χ1) is 7.16. The second kappa shape index (κ2) is 4.12. The molecular weight excluding hydrogens is 260 g/mol. The number of nitrogens with one attached hydrogen (secondary N) is 1. The number of carbonyl (C=O) groups is 1. The minimum atomic E-state index is -0.826. The summed E-state index contributed by atoms with van der Waals surface area (Å²) in [6, 6.07) is 7.42. The van der Waals surface area contributed by atoms with Gasteiger partial charge >= 0.3 is 0 Å². The van der Waals surface area contributed by atoms with Gasteiger partial charge in [0.25, 0.3) is 0 Å². The zero-order valence-corrected chi connectivity index (χ0v) is 9.36. The second-order valence-corrected chi connectivity index (χ2v) is 4.18. The third-order valence-electron chi connectivity index (χ3n) is 2.12. The van der Waals surface area contributed by atoms with Crippen LogP contribution in [0.5, 0.6) is 0 Å². The molecule has 1 amide bonds. The average molecular weight is 269 g/mol. The number of hydrazone groups is 1. The fraction of sp³-hybridized carbons (Fsp3) is 0.200. The molecule has 0 fully saturated rings. The van der Waals surface area contributed by atoms with Crippen LogP contribution in [-0.4, -0.2) is 22.8 Å². The number of aliphatic hydroxyl groups excluding tert-OH is 1. The van der Waals surface area contributed by atoms with Gasteiger partial charge in [0.15, 0.2) is 0 Å². The van der Waals surface area contributed by atoms with Crippen LogP contribution in [0.15, 0.2) is 33.8 Å². The molecule has 1 unspecified atom stereocenters. The Kier molecular flexibility index (Phi) is 2.83. The molecule has 1 heterocycles. The normalized spacial score (nSPS) is 20.8. The summed E-state index contributed by atoms with van der Waals surface area (Å²) in [4.78, 5) is 10.9. The fourth-order valence-electron chi connectivity index (χ4n) is 1.42. The number of hydrogen-bond acceptors (Lipinski definition) is 3. The van der Waals surface area contributed by atoms with Crippen molar-refractivity contribution < 1.29 is 9.90 Å². The van der Waals surface area contributed by atoms with Crippen LogP contribution in [-0.2, 0) is 4.79 Å². The van der Waals surface area contributed by atoms with Gasteiger partial charge in [0.1, 0.15) is 6.10 Å². The molecule has 1 aromatic rings. The van der Waals surface area contributed by atoms with Crippen LogP contribution in [0.3, 0.4) is 0 Å². The number of amides is 1. The van der Waals surface area contributed by atoms with E-state index >= 15 is 0 Å². The molecule has 15 heavy (non-hydrogen) atoms. The van der Waals surface area contributed by atoms with Gasteiger partial charge in [-0.1, -0.05) is 28.1 Å². The van der Waals surface area contributed by atoms with Gasteiger partial charge in [0, 0.05) is 10.0 Å². The summed E-state index contributed by atoms with van der Waals surface area (Å²) >= 11 is 3.34. The summed E-state index contributed by atoms with van der Waals surface area (Å²) in [5, 5.41) is 13.5. The molecule has 0 spiro atoms. The number of benzene rings is 1. The van der Waals surface area contributed by atoms with Crippen molar-refractivity contribution in [3.05, 3.63) is 34.3 Å². The van der Waals surface area contributed by atoms with Crippen LogP contribution in [0, 0.1) is 0 Å². The topological polar surface area (TPSA) is 61.7 Å². The zero-order valence-electron chi connectivity index (χ0n) is 7.77. The van der Waals surface area contributed by atoms with Gasteiger partial charge in [0.05, 0.1) is 12.1 Å². The maximum Gasteiger partial charge on any atom is 0.243 e. The molecule has 1 aliphatic rings. The van der Waals surface area contributed by atoms with Crippen LogP contribution in [0.1, 0.15) is 12.0 Å². The highest BCUT2D eigenvalue weighted by atomic mass is 79.9. The molecule has 78 valence electrons. The third kappa shape index (κ3) is 2.24. The Bertz CT molecular complexity index is 431. The van der Waals surface area contributed by atoms with Gasteiger partial charge in [-0.3, -0.25) is 4.79 Å². The summed E-state index contributed by atoms with van der Waals surface area (Å²) in [5.74, 6) is -0.263. The molecule has 2 rings (SSSR count). The van der Waals surface area contributed by atoms with E-state index in [1.807, 2.05) is 24.3 Å². The van der Waals surface area contributed by atoms with Crippen LogP contribution >= 0.6 is 15.9 Å². The minimum Gasteiger partial charge on any atom is -0.386 e. The average Bonchev–Trinajstić information content (AvgIpc) is 2.17. The highest BCUT2D eigenvalue weighted by Gasteiger charge is 2.23. The number of halogens is 1. The first kappa shape index (κ1) is 10.3. The van der Waals surface area contributed by atoms with Crippen molar-refractivity contribution in [2.24, 2.45) is 5.10 Å². The molecule has 1 aliphatic heterocycles. The smallest absolute Gasteiger partial charge is 0.243 e. The Morgan fingerprint density at radius 2 is 2.33 bits per heavy atom. The number of carbonyl (C=O) groups excluding carboxylic acids is 1. The van der Waals surface area contributed by atoms with Crippen molar-refractivity contribution >= 4 is 27.5 Å². The molecule has 0 aromatic heterocycles. The van der Waals surface area contributed by atoms with Crippen molar-refractivity contribution in [3.63, 3.8) is 0 Å². The molecule has 0 bridgehead atoms. The lowest BCUT2D eigenvalue weighted by atomic mass is 10.0. The van der Waals surface area contributed by atoms with Gasteiger partial charge in [-0.05, 0) is 12.1 Å².